The number of hydrogen-bond donors (Lipinski definition) is 0. The summed E-state index contributed by atoms with van der Waals surface area (Å²) in [5.41, 5.74) is 0. The van der Waals surface area contributed by atoms with Crippen molar-refractivity contribution in [1.29, 1.82) is 0 Å². The van der Waals surface area contributed by atoms with Crippen LogP contribution in [-0.2, 0) is 4.79 Å². The van der Waals surface area contributed by atoms with Crippen LogP contribution >= 0.6 is 0 Å². The monoisotopic (exact) mass is 336 g/mol. The molecule has 1 aliphatic carbocycles. The van der Waals surface area contributed by atoms with Gasteiger partial charge in [0.25, 0.3) is 0 Å². The molecule has 1 saturated heterocycles. The molecule has 0 aromatic heterocycles. The highest BCUT2D eigenvalue weighted by Crippen LogP contribution is 2.34. The molecule has 140 valence electrons. The molecule has 0 spiro atoms. The second kappa shape index (κ2) is 9.79. The maximum Gasteiger partial charge on any atom is 0.222 e. The SMILES string of the molecule is CC(C)CC1CCC(CCCC(=O)N2CCN(C(C)C)CC2)CC1. The maximum atomic E-state index is 12.4. The first-order valence-corrected chi connectivity index (χ1v) is 10.5. The molecule has 1 saturated carbocycles. The van der Waals surface area contributed by atoms with Crippen molar-refractivity contribution in [2.24, 2.45) is 17.8 Å². The number of carbonyl (C=O) groups is 1. The van der Waals surface area contributed by atoms with Crippen LogP contribution in [0.3, 0.4) is 0 Å². The number of rotatable bonds is 7. The number of nitrogens with zero attached hydrogens (tertiary/aromatic N) is 2. The fourth-order valence-corrected chi connectivity index (χ4v) is 4.61. The van der Waals surface area contributed by atoms with Crippen LogP contribution in [0.4, 0.5) is 0 Å². The molecule has 1 heterocycles. The van der Waals surface area contributed by atoms with E-state index in [0.29, 0.717) is 11.9 Å². The Morgan fingerprint density at radius 1 is 0.917 bits per heavy atom. The summed E-state index contributed by atoms with van der Waals surface area (Å²) in [7, 11) is 0. The first-order chi connectivity index (χ1) is 11.5. The summed E-state index contributed by atoms with van der Waals surface area (Å²) in [6.07, 6.45) is 10.2. The molecule has 0 unspecified atom stereocenters. The van der Waals surface area contributed by atoms with E-state index >= 15 is 0 Å². The van der Waals surface area contributed by atoms with E-state index in [2.05, 4.69) is 37.5 Å². The van der Waals surface area contributed by atoms with E-state index in [1.54, 1.807) is 0 Å². The fraction of sp³-hybridized carbons (Fsp3) is 0.952. The zero-order valence-corrected chi connectivity index (χ0v) is 16.6. The fourth-order valence-electron chi connectivity index (χ4n) is 4.61. The van der Waals surface area contributed by atoms with Gasteiger partial charge in [-0.25, -0.2) is 0 Å². The predicted octanol–water partition coefficient (Wildman–Crippen LogP) is 4.56. The summed E-state index contributed by atoms with van der Waals surface area (Å²) in [6, 6.07) is 0.605. The average molecular weight is 337 g/mol. The molecule has 0 bridgehead atoms. The number of piperazine rings is 1. The van der Waals surface area contributed by atoms with E-state index in [0.717, 1.165) is 56.8 Å². The second-order valence-electron chi connectivity index (χ2n) is 8.92. The minimum absolute atomic E-state index is 0.395. The number of hydrogen-bond acceptors (Lipinski definition) is 2. The molecule has 2 rings (SSSR count). The van der Waals surface area contributed by atoms with E-state index < -0.39 is 0 Å². The molecule has 0 N–H and O–H groups in total. The van der Waals surface area contributed by atoms with Gasteiger partial charge in [0, 0.05) is 38.6 Å². The van der Waals surface area contributed by atoms with Gasteiger partial charge in [-0.3, -0.25) is 9.69 Å². The smallest absolute Gasteiger partial charge is 0.222 e. The van der Waals surface area contributed by atoms with E-state index in [1.807, 2.05) is 0 Å². The van der Waals surface area contributed by atoms with Gasteiger partial charge < -0.3 is 4.90 Å². The lowest BCUT2D eigenvalue weighted by atomic mass is 9.77. The Balaban J connectivity index is 1.57. The first-order valence-electron chi connectivity index (χ1n) is 10.5. The van der Waals surface area contributed by atoms with Crippen molar-refractivity contribution in [2.45, 2.75) is 85.1 Å². The molecule has 0 aromatic rings. The Labute approximate surface area is 150 Å². The lowest BCUT2D eigenvalue weighted by Crippen LogP contribution is -2.50. The van der Waals surface area contributed by atoms with Crippen molar-refractivity contribution >= 4 is 5.91 Å². The molecule has 3 nitrogen and oxygen atoms in total. The van der Waals surface area contributed by atoms with E-state index in [9.17, 15) is 4.79 Å². The molecular formula is C21H40N2O. The van der Waals surface area contributed by atoms with E-state index in [4.69, 9.17) is 0 Å². The van der Waals surface area contributed by atoms with Crippen LogP contribution in [0.5, 0.6) is 0 Å². The van der Waals surface area contributed by atoms with Crippen molar-refractivity contribution in [3.8, 4) is 0 Å². The summed E-state index contributed by atoms with van der Waals surface area (Å²) in [4.78, 5) is 17.0. The van der Waals surface area contributed by atoms with Gasteiger partial charge in [0.05, 0.1) is 0 Å². The summed E-state index contributed by atoms with van der Waals surface area (Å²) < 4.78 is 0. The van der Waals surface area contributed by atoms with Crippen LogP contribution in [0.1, 0.15) is 79.1 Å². The van der Waals surface area contributed by atoms with Gasteiger partial charge in [-0.15, -0.1) is 0 Å². The number of carbonyl (C=O) groups excluding carboxylic acids is 1. The highest BCUT2D eigenvalue weighted by Gasteiger charge is 2.24. The van der Waals surface area contributed by atoms with E-state index in [-0.39, 0.29) is 0 Å². The van der Waals surface area contributed by atoms with Crippen LogP contribution in [-0.4, -0.2) is 47.9 Å². The van der Waals surface area contributed by atoms with Gasteiger partial charge in [-0.2, -0.15) is 0 Å². The van der Waals surface area contributed by atoms with Crippen molar-refractivity contribution in [3.63, 3.8) is 0 Å². The van der Waals surface area contributed by atoms with Crippen LogP contribution in [0.15, 0.2) is 0 Å². The lowest BCUT2D eigenvalue weighted by molar-refractivity contribution is -0.133. The third-order valence-electron chi connectivity index (χ3n) is 6.17. The maximum absolute atomic E-state index is 12.4. The lowest BCUT2D eigenvalue weighted by Gasteiger charge is -2.37. The minimum atomic E-state index is 0.395. The molecular weight excluding hydrogens is 296 g/mol. The molecule has 0 atom stereocenters. The molecule has 3 heteroatoms. The molecule has 2 fully saturated rings. The van der Waals surface area contributed by atoms with Crippen LogP contribution in [0.2, 0.25) is 0 Å². The van der Waals surface area contributed by atoms with Gasteiger partial charge in [0.2, 0.25) is 5.91 Å². The normalized spacial score (nSPS) is 26.3. The van der Waals surface area contributed by atoms with Crippen molar-refractivity contribution in [3.05, 3.63) is 0 Å². The second-order valence-corrected chi connectivity index (χ2v) is 8.92. The molecule has 0 radical (unpaired) electrons. The summed E-state index contributed by atoms with van der Waals surface area (Å²) in [6.45, 7) is 13.1. The minimum Gasteiger partial charge on any atom is -0.340 e. The van der Waals surface area contributed by atoms with Crippen molar-refractivity contribution in [2.75, 3.05) is 26.2 Å². The first kappa shape index (κ1) is 19.8. The zero-order valence-electron chi connectivity index (χ0n) is 16.6. The van der Waals surface area contributed by atoms with Gasteiger partial charge in [0.1, 0.15) is 0 Å². The Morgan fingerprint density at radius 2 is 1.50 bits per heavy atom. The Bertz CT molecular complexity index is 364. The van der Waals surface area contributed by atoms with Gasteiger partial charge >= 0.3 is 0 Å². The third kappa shape index (κ3) is 6.38. The Morgan fingerprint density at radius 3 is 2.04 bits per heavy atom. The highest BCUT2D eigenvalue weighted by atomic mass is 16.2. The highest BCUT2D eigenvalue weighted by molar-refractivity contribution is 5.76. The standard InChI is InChI=1S/C21H40N2O/c1-17(2)16-20-10-8-19(9-11-20)6-5-7-21(24)23-14-12-22(13-15-23)18(3)4/h17-20H,5-16H2,1-4H3. The largest absolute Gasteiger partial charge is 0.340 e. The summed E-state index contributed by atoms with van der Waals surface area (Å²) in [5.74, 6) is 3.10. The molecule has 24 heavy (non-hydrogen) atoms. The van der Waals surface area contributed by atoms with Crippen LogP contribution < -0.4 is 0 Å². The third-order valence-corrected chi connectivity index (χ3v) is 6.17. The molecule has 1 aliphatic heterocycles. The average Bonchev–Trinajstić information content (AvgIpc) is 2.56. The summed E-state index contributed by atoms with van der Waals surface area (Å²) >= 11 is 0. The van der Waals surface area contributed by atoms with Crippen molar-refractivity contribution in [1.82, 2.24) is 9.80 Å². The van der Waals surface area contributed by atoms with Crippen LogP contribution in [0, 0.1) is 17.8 Å². The zero-order chi connectivity index (χ0) is 17.5. The summed E-state index contributed by atoms with van der Waals surface area (Å²) in [5, 5.41) is 0. The van der Waals surface area contributed by atoms with Gasteiger partial charge in [0.15, 0.2) is 0 Å². The Kier molecular flexibility index (Phi) is 8.06. The quantitative estimate of drug-likeness (QED) is 0.680. The topological polar surface area (TPSA) is 23.6 Å². The molecule has 0 aromatic carbocycles. The number of amides is 1. The van der Waals surface area contributed by atoms with Crippen LogP contribution in [0.25, 0.3) is 0 Å². The van der Waals surface area contributed by atoms with Gasteiger partial charge in [-0.1, -0.05) is 39.5 Å². The van der Waals surface area contributed by atoms with Gasteiger partial charge in [-0.05, 0) is 50.9 Å². The molecule has 1 amide bonds. The Hall–Kier alpha value is -0.570. The predicted molar refractivity (Wildman–Crippen MR) is 102 cm³/mol. The molecule has 2 aliphatic rings. The van der Waals surface area contributed by atoms with E-state index in [1.165, 1.54) is 38.5 Å². The van der Waals surface area contributed by atoms with Crippen molar-refractivity contribution < 1.29 is 4.79 Å².